The van der Waals surface area contributed by atoms with Gasteiger partial charge in [0.25, 0.3) is 0 Å². The lowest BCUT2D eigenvalue weighted by molar-refractivity contribution is -0.148. The van der Waals surface area contributed by atoms with E-state index in [1.807, 2.05) is 0 Å². The number of nitrogens with one attached hydrogen (secondary N) is 12. The molecule has 2 aromatic rings. The number of guanidine groups is 2. The molecule has 0 unspecified atom stereocenters. The van der Waals surface area contributed by atoms with E-state index >= 15 is 0 Å². The summed E-state index contributed by atoms with van der Waals surface area (Å²) < 4.78 is 0. The van der Waals surface area contributed by atoms with Gasteiger partial charge in [-0.2, -0.15) is 0 Å². The van der Waals surface area contributed by atoms with Crippen LogP contribution in [0.4, 0.5) is 0 Å². The molecule has 2 heterocycles. The summed E-state index contributed by atoms with van der Waals surface area (Å²) in [6, 6.07) is -0.0355. The molecule has 538 valence electrons. The number of phenols is 1. The molecule has 24 N–H and O–H groups in total. The number of unbranched alkanes of at least 4 members (excludes halogenated alkanes) is 1. The van der Waals surface area contributed by atoms with Crippen LogP contribution in [-0.4, -0.2) is 219 Å². The van der Waals surface area contributed by atoms with Crippen LogP contribution in [0.3, 0.4) is 0 Å². The van der Waals surface area contributed by atoms with E-state index in [1.54, 1.807) is 70.2 Å². The Balaban J connectivity index is 1.51. The fourth-order valence-corrected chi connectivity index (χ4v) is 11.3. The van der Waals surface area contributed by atoms with Crippen LogP contribution < -0.4 is 76.1 Å². The molecule has 2 aromatic carbocycles. The second-order valence-corrected chi connectivity index (χ2v) is 25.3. The Labute approximate surface area is 564 Å². The number of aliphatic hydroxyl groups is 2. The van der Waals surface area contributed by atoms with E-state index in [2.05, 4.69) is 53.2 Å². The van der Waals surface area contributed by atoms with Crippen molar-refractivity contribution in [1.29, 1.82) is 10.8 Å². The zero-order valence-corrected chi connectivity index (χ0v) is 55.9. The van der Waals surface area contributed by atoms with Crippen LogP contribution in [0.1, 0.15) is 123 Å². The normalized spacial score (nSPS) is 17.5. The molecule has 33 nitrogen and oxygen atoms in total. The number of aromatic hydroxyl groups is 1. The monoisotopic (exact) mass is 1360 g/mol. The van der Waals surface area contributed by atoms with Gasteiger partial charge in [-0.3, -0.25) is 58.8 Å². The molecule has 0 radical (unpaired) electrons. The van der Waals surface area contributed by atoms with Gasteiger partial charge < -0.3 is 106 Å². The van der Waals surface area contributed by atoms with E-state index in [-0.39, 0.29) is 121 Å². The molecule has 2 fully saturated rings. The van der Waals surface area contributed by atoms with Gasteiger partial charge in [0.1, 0.15) is 60.1 Å². The minimum atomic E-state index is -1.73. The van der Waals surface area contributed by atoms with Crippen LogP contribution >= 0.6 is 0 Å². The van der Waals surface area contributed by atoms with Gasteiger partial charge >= 0.3 is 5.97 Å². The van der Waals surface area contributed by atoms with Crippen molar-refractivity contribution in [2.45, 2.75) is 197 Å². The Morgan fingerprint density at radius 2 is 1.02 bits per heavy atom. The first-order valence-corrected chi connectivity index (χ1v) is 32.9. The summed E-state index contributed by atoms with van der Waals surface area (Å²) in [5, 5.41) is 81.1. The number of carboxylic acid groups (broad SMARTS) is 1. The molecule has 2 aliphatic rings. The van der Waals surface area contributed by atoms with Crippen LogP contribution in [0.2, 0.25) is 0 Å². The zero-order chi connectivity index (χ0) is 72.1. The molecule has 2 aliphatic heterocycles. The Morgan fingerprint density at radius 3 is 1.54 bits per heavy atom. The van der Waals surface area contributed by atoms with Crippen LogP contribution in [0.5, 0.6) is 5.75 Å². The summed E-state index contributed by atoms with van der Waals surface area (Å²) in [6.45, 7) is 7.74. The number of likely N-dealkylation sites (tertiary alicyclic amines) is 2. The second kappa shape index (κ2) is 40.4. The summed E-state index contributed by atoms with van der Waals surface area (Å²) in [5.74, 6) is -10.9. The molecule has 10 amide bonds. The quantitative estimate of drug-likeness (QED) is 0.0173. The number of hydrogen-bond donors (Lipinski definition) is 20. The fourth-order valence-electron chi connectivity index (χ4n) is 11.3. The van der Waals surface area contributed by atoms with Gasteiger partial charge in [-0.1, -0.05) is 70.2 Å². The van der Waals surface area contributed by atoms with Crippen LogP contribution in [0.25, 0.3) is 0 Å². The first-order chi connectivity index (χ1) is 46.0. The number of aliphatic hydroxyl groups excluding tert-OH is 2. The number of carbonyl (C=O) groups excluding carboxylic acids is 10. The minimum absolute atomic E-state index is 0.000429. The first-order valence-electron chi connectivity index (χ1n) is 32.9. The van der Waals surface area contributed by atoms with Crippen molar-refractivity contribution in [3.05, 3.63) is 65.7 Å². The van der Waals surface area contributed by atoms with E-state index in [0.29, 0.717) is 36.8 Å². The number of hydrogen-bond acceptors (Lipinski definition) is 18. The van der Waals surface area contributed by atoms with E-state index in [9.17, 15) is 73.2 Å². The zero-order valence-electron chi connectivity index (χ0n) is 55.9. The van der Waals surface area contributed by atoms with E-state index < -0.39 is 150 Å². The summed E-state index contributed by atoms with van der Waals surface area (Å²) >= 11 is 0. The summed E-state index contributed by atoms with van der Waals surface area (Å²) in [4.78, 5) is 157. The highest BCUT2D eigenvalue weighted by atomic mass is 16.4. The lowest BCUT2D eigenvalue weighted by Gasteiger charge is -2.34. The van der Waals surface area contributed by atoms with Crippen LogP contribution in [0.15, 0.2) is 54.6 Å². The molecule has 12 atom stereocenters. The van der Waals surface area contributed by atoms with Crippen LogP contribution in [-0.2, 0) is 65.6 Å². The molecule has 0 saturated carbocycles. The fraction of sp³-hybridized carbons (Fsp3) is 0.609. The molecule has 0 spiro atoms. The SMILES string of the molecule is CC(C)C[C@H](NC(=O)[C@H](Cc1ccccc1)NC(=O)[C@@H]1CCCN1C(=O)[C@@H]1CCCN1C(=O)[C@@H](NC(=O)[C@H](CO)NC(=O)[C@H](CCCCN)NC(=O)[C@H](CCCNC(=N)N)NC(=O)[C@@H](N)Cc1ccc(O)cc1)C(C)C)C(=O)N[C@@H](CCCNC(=N)N)C(=O)N[C@H](C(=O)O)[C@@H](C)O. The third kappa shape index (κ3) is 26.4. The highest BCUT2D eigenvalue weighted by Gasteiger charge is 2.45. The average Bonchev–Trinajstić information content (AvgIpc) is 1.68. The average molecular weight is 1360 g/mol. The van der Waals surface area contributed by atoms with Crippen LogP contribution in [0, 0.1) is 22.7 Å². The predicted molar refractivity (Wildman–Crippen MR) is 357 cm³/mol. The van der Waals surface area contributed by atoms with Gasteiger partial charge in [0.05, 0.1) is 18.8 Å². The van der Waals surface area contributed by atoms with Crippen molar-refractivity contribution in [3.8, 4) is 5.75 Å². The van der Waals surface area contributed by atoms with Gasteiger partial charge in [0.2, 0.25) is 59.1 Å². The van der Waals surface area contributed by atoms with Crippen molar-refractivity contribution >= 4 is 77.0 Å². The third-order valence-corrected chi connectivity index (χ3v) is 16.6. The smallest absolute Gasteiger partial charge is 0.328 e. The lowest BCUT2D eigenvalue weighted by Crippen LogP contribution is -2.61. The maximum Gasteiger partial charge on any atom is 0.328 e. The van der Waals surface area contributed by atoms with Gasteiger partial charge in [-0.15, -0.1) is 0 Å². The minimum Gasteiger partial charge on any atom is -0.508 e. The maximum atomic E-state index is 14.8. The predicted octanol–water partition coefficient (Wildman–Crippen LogP) is -3.82. The topological polar surface area (TPSA) is 547 Å². The summed E-state index contributed by atoms with van der Waals surface area (Å²) in [6.07, 6.45) is 0.620. The standard InChI is InChI=1S/C64H102N18O15/c1-35(2)31-45(56(90)75-44(19-12-28-72-64(69)70)55(89)80-51(37(5)84)62(96)97)76-57(91)46(33-38-15-7-6-8-16-38)77-59(93)48-20-13-29-81(48)60(94)49-21-14-30-82(49)61(95)50(36(3)4)79-58(92)47(34-83)78-54(88)42(17-9-10-26-65)74-53(87)43(18-11-27-71-63(67)68)73-52(86)41(66)32-39-22-24-40(85)25-23-39/h6-8,15-16,22-25,35-37,41-51,83-85H,9-14,17-21,26-34,65-66H2,1-5H3,(H,73,86)(H,74,87)(H,75,90)(H,76,91)(H,77,93)(H,78,88)(H,79,92)(H,80,89)(H,96,97)(H4,67,68,71)(H4,69,70,72)/t37-,41+,42+,43+,44+,45+,46+,47+,48+,49+,50+,51+/m1/s1. The molecular formula is C64H102N18O15. The molecule has 0 bridgehead atoms. The van der Waals surface area contributed by atoms with Crippen molar-refractivity contribution < 1.29 is 73.2 Å². The number of rotatable bonds is 40. The van der Waals surface area contributed by atoms with E-state index in [4.69, 9.17) is 33.8 Å². The maximum absolute atomic E-state index is 14.8. The molecule has 4 rings (SSSR count). The number of carboxylic acids is 1. The molecular weight excluding hydrogens is 1260 g/mol. The lowest BCUT2D eigenvalue weighted by atomic mass is 10.00. The Hall–Kier alpha value is -9.21. The summed E-state index contributed by atoms with van der Waals surface area (Å²) in [7, 11) is 0. The van der Waals surface area contributed by atoms with E-state index in [0.717, 1.165) is 0 Å². The third-order valence-electron chi connectivity index (χ3n) is 16.6. The number of aliphatic carboxylic acids is 1. The highest BCUT2D eigenvalue weighted by molar-refractivity contribution is 5.99. The second-order valence-electron chi connectivity index (χ2n) is 25.3. The molecule has 0 aliphatic carbocycles. The number of nitrogens with zero attached hydrogens (tertiary/aromatic N) is 2. The van der Waals surface area contributed by atoms with Crippen molar-refractivity contribution in [2.75, 3.05) is 39.3 Å². The number of carbonyl (C=O) groups is 11. The number of nitrogens with two attached hydrogens (primary N) is 4. The van der Waals surface area contributed by atoms with Gasteiger partial charge in [0.15, 0.2) is 18.0 Å². The Morgan fingerprint density at radius 1 is 0.557 bits per heavy atom. The number of phenolic OH excluding ortho intramolecular Hbond substituents is 1. The summed E-state index contributed by atoms with van der Waals surface area (Å²) in [5.41, 5.74) is 24.1. The molecule has 97 heavy (non-hydrogen) atoms. The van der Waals surface area contributed by atoms with Crippen molar-refractivity contribution in [2.24, 2.45) is 34.8 Å². The van der Waals surface area contributed by atoms with Gasteiger partial charge in [0, 0.05) is 32.6 Å². The van der Waals surface area contributed by atoms with Gasteiger partial charge in [-0.05, 0) is 132 Å². The van der Waals surface area contributed by atoms with Gasteiger partial charge in [-0.25, -0.2) is 4.79 Å². The van der Waals surface area contributed by atoms with E-state index in [1.165, 1.54) is 28.9 Å². The Kier molecular flexibility index (Phi) is 33.4. The number of amides is 10. The Bertz CT molecular complexity index is 3000. The number of benzene rings is 2. The molecule has 0 aromatic heterocycles. The largest absolute Gasteiger partial charge is 0.508 e. The van der Waals surface area contributed by atoms with Crippen molar-refractivity contribution in [3.63, 3.8) is 0 Å². The molecule has 33 heteroatoms. The molecule has 2 saturated heterocycles. The van der Waals surface area contributed by atoms with Crippen molar-refractivity contribution in [1.82, 2.24) is 63.0 Å². The highest BCUT2D eigenvalue weighted by Crippen LogP contribution is 2.27. The first kappa shape index (κ1) is 80.2.